The number of nitrogens with one attached hydrogen (secondary N) is 1. The molecule has 3 atom stereocenters. The van der Waals surface area contributed by atoms with Crippen LogP contribution in [-0.2, 0) is 14.3 Å². The van der Waals surface area contributed by atoms with Gasteiger partial charge in [-0.1, -0.05) is 13.8 Å². The lowest BCUT2D eigenvalue weighted by atomic mass is 9.82. The first-order valence-electron chi connectivity index (χ1n) is 7.30. The highest BCUT2D eigenvalue weighted by molar-refractivity contribution is 5.80. The Bertz CT molecular complexity index is 285. The van der Waals surface area contributed by atoms with Crippen molar-refractivity contribution in [1.29, 1.82) is 0 Å². The molecule has 19 heavy (non-hydrogen) atoms. The summed E-state index contributed by atoms with van der Waals surface area (Å²) in [5, 5.41) is 3.03. The van der Waals surface area contributed by atoms with Gasteiger partial charge in [0.15, 0.2) is 0 Å². The monoisotopic (exact) mass is 271 g/mol. The highest BCUT2D eigenvalue weighted by Gasteiger charge is 2.33. The van der Waals surface area contributed by atoms with E-state index in [-0.39, 0.29) is 5.97 Å². The van der Waals surface area contributed by atoms with Gasteiger partial charge < -0.3 is 14.8 Å². The highest BCUT2D eigenvalue weighted by atomic mass is 16.5. The fraction of sp³-hybridized carbons (Fsp3) is 0.933. The summed E-state index contributed by atoms with van der Waals surface area (Å²) in [4.78, 5) is 11.7. The highest BCUT2D eigenvalue weighted by Crippen LogP contribution is 2.30. The van der Waals surface area contributed by atoms with Crippen molar-refractivity contribution >= 4 is 5.97 Å². The zero-order valence-corrected chi connectivity index (χ0v) is 13.0. The van der Waals surface area contributed by atoms with Crippen LogP contribution in [0.1, 0.15) is 46.5 Å². The van der Waals surface area contributed by atoms with Crippen LogP contribution in [0, 0.1) is 11.8 Å². The zero-order chi connectivity index (χ0) is 14.5. The van der Waals surface area contributed by atoms with Crippen LogP contribution in [0.4, 0.5) is 0 Å². The molecule has 0 spiro atoms. The molecule has 1 rings (SSSR count). The molecule has 1 N–H and O–H groups in total. The number of hydrogen-bond donors (Lipinski definition) is 1. The number of methoxy groups -OCH3 is 1. The number of likely N-dealkylation sites (N-methyl/N-ethyl adjacent to an activating group) is 1. The summed E-state index contributed by atoms with van der Waals surface area (Å²) in [6.45, 7) is 7.03. The van der Waals surface area contributed by atoms with Crippen LogP contribution in [0.5, 0.6) is 0 Å². The SMILES string of the molecule is CNC(C)(CCOC1CC(C)CC(C)C1)C(=O)OC. The van der Waals surface area contributed by atoms with Gasteiger partial charge in [0, 0.05) is 6.61 Å². The second-order valence-corrected chi connectivity index (χ2v) is 6.23. The van der Waals surface area contributed by atoms with Crippen LogP contribution in [0.15, 0.2) is 0 Å². The largest absolute Gasteiger partial charge is 0.468 e. The van der Waals surface area contributed by atoms with Crippen molar-refractivity contribution in [2.24, 2.45) is 11.8 Å². The molecule has 0 radical (unpaired) electrons. The van der Waals surface area contributed by atoms with Crippen LogP contribution in [0.25, 0.3) is 0 Å². The first-order chi connectivity index (χ1) is 8.91. The molecule has 1 fully saturated rings. The molecule has 0 amide bonds. The first kappa shape index (κ1) is 16.4. The summed E-state index contributed by atoms with van der Waals surface area (Å²) >= 11 is 0. The Kier molecular flexibility index (Phi) is 6.27. The molecule has 0 saturated heterocycles. The Labute approximate surface area is 117 Å². The number of hydrogen-bond acceptors (Lipinski definition) is 4. The van der Waals surface area contributed by atoms with Gasteiger partial charge >= 0.3 is 5.97 Å². The maximum absolute atomic E-state index is 11.7. The van der Waals surface area contributed by atoms with Crippen LogP contribution in [-0.4, -0.2) is 38.4 Å². The van der Waals surface area contributed by atoms with Gasteiger partial charge in [0.25, 0.3) is 0 Å². The molecule has 1 aliphatic carbocycles. The topological polar surface area (TPSA) is 47.6 Å². The molecule has 112 valence electrons. The summed E-state index contributed by atoms with van der Waals surface area (Å²) in [5.74, 6) is 1.25. The molecule has 0 heterocycles. The maximum atomic E-state index is 11.7. The van der Waals surface area contributed by atoms with Crippen LogP contribution in [0.3, 0.4) is 0 Å². The minimum absolute atomic E-state index is 0.232. The summed E-state index contributed by atoms with van der Waals surface area (Å²) in [5.41, 5.74) is -0.652. The molecule has 0 bridgehead atoms. The van der Waals surface area contributed by atoms with Crippen molar-refractivity contribution in [3.05, 3.63) is 0 Å². The summed E-state index contributed by atoms with van der Waals surface area (Å²) in [6.07, 6.45) is 4.56. The van der Waals surface area contributed by atoms with Crippen molar-refractivity contribution in [2.75, 3.05) is 20.8 Å². The van der Waals surface area contributed by atoms with E-state index in [9.17, 15) is 4.79 Å². The maximum Gasteiger partial charge on any atom is 0.325 e. The summed E-state index contributed by atoms with van der Waals surface area (Å²) in [7, 11) is 3.20. The van der Waals surface area contributed by atoms with E-state index >= 15 is 0 Å². The van der Waals surface area contributed by atoms with E-state index in [0.717, 1.165) is 24.7 Å². The lowest BCUT2D eigenvalue weighted by Gasteiger charge is -2.32. The van der Waals surface area contributed by atoms with Crippen molar-refractivity contribution in [3.63, 3.8) is 0 Å². The third kappa shape index (κ3) is 4.77. The Morgan fingerprint density at radius 1 is 1.26 bits per heavy atom. The summed E-state index contributed by atoms with van der Waals surface area (Å²) in [6, 6.07) is 0. The number of rotatable bonds is 6. The molecule has 0 aromatic carbocycles. The predicted molar refractivity (Wildman–Crippen MR) is 76.0 cm³/mol. The number of ether oxygens (including phenoxy) is 2. The molecular formula is C15H29NO3. The van der Waals surface area contributed by atoms with Crippen molar-refractivity contribution in [3.8, 4) is 0 Å². The van der Waals surface area contributed by atoms with Gasteiger partial charge in [0.1, 0.15) is 5.54 Å². The number of esters is 1. The Morgan fingerprint density at radius 3 is 2.32 bits per heavy atom. The minimum atomic E-state index is -0.652. The Hall–Kier alpha value is -0.610. The average molecular weight is 271 g/mol. The molecule has 0 aromatic rings. The third-order valence-corrected chi connectivity index (χ3v) is 4.28. The molecule has 4 nitrogen and oxygen atoms in total. The molecule has 0 aliphatic heterocycles. The van der Waals surface area contributed by atoms with E-state index in [1.54, 1.807) is 7.05 Å². The lowest BCUT2D eigenvalue weighted by molar-refractivity contribution is -0.149. The zero-order valence-electron chi connectivity index (χ0n) is 13.0. The molecular weight excluding hydrogens is 242 g/mol. The van der Waals surface area contributed by atoms with Gasteiger partial charge in [-0.2, -0.15) is 0 Å². The van der Waals surface area contributed by atoms with E-state index < -0.39 is 5.54 Å². The minimum Gasteiger partial charge on any atom is -0.468 e. The smallest absolute Gasteiger partial charge is 0.325 e. The second kappa shape index (κ2) is 7.25. The van der Waals surface area contributed by atoms with Crippen molar-refractivity contribution in [1.82, 2.24) is 5.32 Å². The first-order valence-corrected chi connectivity index (χ1v) is 7.30. The summed E-state index contributed by atoms with van der Waals surface area (Å²) < 4.78 is 10.8. The molecule has 1 saturated carbocycles. The molecule has 0 aromatic heterocycles. The van der Waals surface area contributed by atoms with Gasteiger partial charge in [-0.3, -0.25) is 4.79 Å². The van der Waals surface area contributed by atoms with Crippen LogP contribution in [0.2, 0.25) is 0 Å². The van der Waals surface area contributed by atoms with Crippen molar-refractivity contribution < 1.29 is 14.3 Å². The second-order valence-electron chi connectivity index (χ2n) is 6.23. The van der Waals surface area contributed by atoms with Gasteiger partial charge in [-0.05, 0) is 51.5 Å². The van der Waals surface area contributed by atoms with Crippen LogP contribution >= 0.6 is 0 Å². The van der Waals surface area contributed by atoms with Gasteiger partial charge in [0.2, 0.25) is 0 Å². The molecule has 4 heteroatoms. The predicted octanol–water partition coefficient (Wildman–Crippen LogP) is 2.37. The van der Waals surface area contributed by atoms with E-state index in [0.29, 0.717) is 19.1 Å². The molecule has 3 unspecified atom stereocenters. The Balaban J connectivity index is 2.38. The van der Waals surface area contributed by atoms with Gasteiger partial charge in [-0.25, -0.2) is 0 Å². The van der Waals surface area contributed by atoms with E-state index in [1.807, 2.05) is 6.92 Å². The average Bonchev–Trinajstić information content (AvgIpc) is 2.36. The van der Waals surface area contributed by atoms with Crippen LogP contribution < -0.4 is 5.32 Å². The fourth-order valence-electron chi connectivity index (χ4n) is 2.99. The van der Waals surface area contributed by atoms with Gasteiger partial charge in [0.05, 0.1) is 13.2 Å². The van der Waals surface area contributed by atoms with E-state index in [1.165, 1.54) is 13.5 Å². The van der Waals surface area contributed by atoms with Gasteiger partial charge in [-0.15, -0.1) is 0 Å². The van der Waals surface area contributed by atoms with E-state index in [2.05, 4.69) is 19.2 Å². The normalized spacial score (nSPS) is 30.7. The standard InChI is InChI=1S/C15H29NO3/c1-11-8-12(2)10-13(9-11)19-7-6-15(3,16-4)14(17)18-5/h11-13,16H,6-10H2,1-5H3. The number of carbonyl (C=O) groups is 1. The quantitative estimate of drug-likeness (QED) is 0.753. The van der Waals surface area contributed by atoms with E-state index in [4.69, 9.17) is 9.47 Å². The Morgan fingerprint density at radius 2 is 1.84 bits per heavy atom. The lowest BCUT2D eigenvalue weighted by Crippen LogP contribution is -2.49. The third-order valence-electron chi connectivity index (χ3n) is 4.28. The van der Waals surface area contributed by atoms with Crippen molar-refractivity contribution in [2.45, 2.75) is 58.1 Å². The molecule has 1 aliphatic rings. The number of carbonyl (C=O) groups excluding carboxylic acids is 1. The fourth-order valence-corrected chi connectivity index (χ4v) is 2.99.